The molecule has 0 amide bonds. The Kier molecular flexibility index (Phi) is 4.97. The van der Waals surface area contributed by atoms with E-state index in [9.17, 15) is 0 Å². The van der Waals surface area contributed by atoms with Crippen molar-refractivity contribution in [1.29, 1.82) is 0 Å². The zero-order valence-electron chi connectivity index (χ0n) is 14.2. The third kappa shape index (κ3) is 3.20. The molecule has 0 aliphatic carbocycles. The van der Waals surface area contributed by atoms with E-state index in [4.69, 9.17) is 16.6 Å². The fraction of sp³-hybridized carbons (Fsp3) is 0.333. The number of quaternary nitrogens is 1. The second-order valence-corrected chi connectivity index (χ2v) is 6.36. The Labute approximate surface area is 146 Å². The van der Waals surface area contributed by atoms with Crippen LogP contribution in [-0.2, 0) is 26.2 Å². The summed E-state index contributed by atoms with van der Waals surface area (Å²) in [4.78, 5) is 1.30. The van der Waals surface area contributed by atoms with Gasteiger partial charge < -0.3 is 13.9 Å². The van der Waals surface area contributed by atoms with Crippen LogP contribution in [0.4, 0.5) is 0 Å². The number of para-hydroxylation sites is 1. The number of hydrogen-bond donors (Lipinski definition) is 1. The SMILES string of the molecule is C=CCn1cnn(C[NH+](C)Cc2c(CC)oc3ccccc23)c1=S. The van der Waals surface area contributed by atoms with Gasteiger partial charge in [-0.2, -0.15) is 9.78 Å². The molecule has 0 bridgehead atoms. The summed E-state index contributed by atoms with van der Waals surface area (Å²) in [7, 11) is 2.15. The third-order valence-corrected chi connectivity index (χ3v) is 4.57. The summed E-state index contributed by atoms with van der Waals surface area (Å²) < 4.78 is 10.5. The predicted molar refractivity (Wildman–Crippen MR) is 97.4 cm³/mol. The van der Waals surface area contributed by atoms with Crippen molar-refractivity contribution in [2.75, 3.05) is 7.05 Å². The highest BCUT2D eigenvalue weighted by molar-refractivity contribution is 7.71. The number of hydrogen-bond acceptors (Lipinski definition) is 3. The van der Waals surface area contributed by atoms with Gasteiger partial charge in [0.05, 0.1) is 12.6 Å². The van der Waals surface area contributed by atoms with Crippen LogP contribution >= 0.6 is 12.2 Å². The van der Waals surface area contributed by atoms with Crippen molar-refractivity contribution in [3.05, 3.63) is 59.3 Å². The first-order chi connectivity index (χ1) is 11.6. The molecule has 0 aliphatic rings. The Morgan fingerprint density at radius 3 is 2.92 bits per heavy atom. The van der Waals surface area contributed by atoms with E-state index in [0.29, 0.717) is 13.2 Å². The van der Waals surface area contributed by atoms with Crippen molar-refractivity contribution in [2.45, 2.75) is 33.1 Å². The van der Waals surface area contributed by atoms with Gasteiger partial charge in [-0.1, -0.05) is 31.2 Å². The highest BCUT2D eigenvalue weighted by Crippen LogP contribution is 2.25. The zero-order valence-corrected chi connectivity index (χ0v) is 15.0. The minimum atomic E-state index is 0.685. The maximum absolute atomic E-state index is 5.99. The zero-order chi connectivity index (χ0) is 17.1. The van der Waals surface area contributed by atoms with Crippen molar-refractivity contribution in [2.24, 2.45) is 0 Å². The third-order valence-electron chi connectivity index (χ3n) is 4.12. The van der Waals surface area contributed by atoms with Crippen molar-refractivity contribution in [1.82, 2.24) is 14.3 Å². The second-order valence-electron chi connectivity index (χ2n) is 6.00. The van der Waals surface area contributed by atoms with Crippen LogP contribution in [0.5, 0.6) is 0 Å². The number of rotatable bonds is 7. The molecule has 2 heterocycles. The van der Waals surface area contributed by atoms with Crippen LogP contribution in [0.25, 0.3) is 11.0 Å². The molecule has 0 saturated carbocycles. The predicted octanol–water partition coefficient (Wildman–Crippen LogP) is 2.58. The molecule has 0 radical (unpaired) electrons. The topological polar surface area (TPSA) is 40.3 Å². The van der Waals surface area contributed by atoms with E-state index in [1.165, 1.54) is 15.8 Å². The van der Waals surface area contributed by atoms with Gasteiger partial charge in [-0.3, -0.25) is 0 Å². The van der Waals surface area contributed by atoms with Gasteiger partial charge >= 0.3 is 0 Å². The summed E-state index contributed by atoms with van der Waals surface area (Å²) >= 11 is 5.47. The van der Waals surface area contributed by atoms with Crippen LogP contribution in [0.3, 0.4) is 0 Å². The summed E-state index contributed by atoms with van der Waals surface area (Å²) in [5.41, 5.74) is 2.24. The minimum Gasteiger partial charge on any atom is -0.461 e. The molecule has 126 valence electrons. The highest BCUT2D eigenvalue weighted by atomic mass is 32.1. The van der Waals surface area contributed by atoms with Crippen LogP contribution in [0, 0.1) is 4.77 Å². The van der Waals surface area contributed by atoms with Crippen LogP contribution in [0.1, 0.15) is 18.2 Å². The van der Waals surface area contributed by atoms with E-state index in [0.717, 1.165) is 29.1 Å². The number of nitrogens with zero attached hydrogens (tertiary/aromatic N) is 3. The molecule has 1 N–H and O–H groups in total. The molecular formula is C18H23N4OS+. The van der Waals surface area contributed by atoms with Crippen molar-refractivity contribution < 1.29 is 9.32 Å². The molecule has 5 nitrogen and oxygen atoms in total. The number of aryl methyl sites for hydroxylation is 1. The molecular weight excluding hydrogens is 320 g/mol. The van der Waals surface area contributed by atoms with Crippen molar-refractivity contribution in [3.8, 4) is 0 Å². The monoisotopic (exact) mass is 343 g/mol. The largest absolute Gasteiger partial charge is 0.461 e. The smallest absolute Gasteiger partial charge is 0.202 e. The quantitative estimate of drug-likeness (QED) is 0.529. The number of nitrogens with one attached hydrogen (secondary N) is 1. The number of fused-ring (bicyclic) bond motifs is 1. The second kappa shape index (κ2) is 7.15. The summed E-state index contributed by atoms with van der Waals surface area (Å²) in [5.74, 6) is 1.07. The average Bonchev–Trinajstić information content (AvgIpc) is 3.10. The Bertz CT molecular complexity index is 905. The Balaban J connectivity index is 1.81. The van der Waals surface area contributed by atoms with E-state index >= 15 is 0 Å². The molecule has 6 heteroatoms. The lowest BCUT2D eigenvalue weighted by Crippen LogP contribution is -3.07. The van der Waals surface area contributed by atoms with E-state index in [1.54, 1.807) is 6.33 Å². The van der Waals surface area contributed by atoms with E-state index < -0.39 is 0 Å². The lowest BCUT2D eigenvalue weighted by Gasteiger charge is -2.14. The Hall–Kier alpha value is -2.18. The van der Waals surface area contributed by atoms with Gasteiger partial charge in [0.2, 0.25) is 4.77 Å². The first-order valence-electron chi connectivity index (χ1n) is 8.17. The van der Waals surface area contributed by atoms with Crippen LogP contribution < -0.4 is 4.90 Å². The van der Waals surface area contributed by atoms with Gasteiger partial charge in [-0.05, 0) is 18.3 Å². The first kappa shape index (κ1) is 16.7. The molecule has 0 saturated heterocycles. The lowest BCUT2D eigenvalue weighted by molar-refractivity contribution is -0.917. The van der Waals surface area contributed by atoms with Gasteiger partial charge in [0.1, 0.15) is 24.2 Å². The fourth-order valence-electron chi connectivity index (χ4n) is 2.99. The van der Waals surface area contributed by atoms with Gasteiger partial charge in [0.15, 0.2) is 6.67 Å². The van der Waals surface area contributed by atoms with Crippen molar-refractivity contribution in [3.63, 3.8) is 0 Å². The van der Waals surface area contributed by atoms with E-state index in [-0.39, 0.29) is 0 Å². The number of furan rings is 1. The minimum absolute atomic E-state index is 0.685. The van der Waals surface area contributed by atoms with Gasteiger partial charge in [0, 0.05) is 18.4 Å². The van der Waals surface area contributed by atoms with Crippen LogP contribution in [0.15, 0.2) is 47.7 Å². The molecule has 2 aromatic heterocycles. The molecule has 3 rings (SSSR count). The van der Waals surface area contributed by atoms with Crippen LogP contribution in [-0.4, -0.2) is 21.4 Å². The summed E-state index contributed by atoms with van der Waals surface area (Å²) in [6.07, 6.45) is 4.48. The molecule has 0 spiro atoms. The van der Waals surface area contributed by atoms with Gasteiger partial charge in [-0.15, -0.1) is 6.58 Å². The summed E-state index contributed by atoms with van der Waals surface area (Å²) in [6, 6.07) is 8.23. The van der Waals surface area contributed by atoms with Gasteiger partial charge in [-0.25, -0.2) is 0 Å². The highest BCUT2D eigenvalue weighted by Gasteiger charge is 2.17. The molecule has 0 fully saturated rings. The lowest BCUT2D eigenvalue weighted by atomic mass is 10.1. The van der Waals surface area contributed by atoms with E-state index in [2.05, 4.69) is 37.8 Å². The maximum Gasteiger partial charge on any atom is 0.202 e. The molecule has 3 aromatic rings. The molecule has 1 aromatic carbocycles. The Morgan fingerprint density at radius 2 is 2.17 bits per heavy atom. The standard InChI is InChI=1S/C18H22N4OS/c1-4-10-21-12-19-22(18(21)24)13-20(3)11-15-14-8-6-7-9-17(14)23-16(15)5-2/h4,6-9,12H,1,5,10-11,13H2,2-3H3/p+1. The van der Waals surface area contributed by atoms with Gasteiger partial charge in [0.25, 0.3) is 0 Å². The molecule has 1 unspecified atom stereocenters. The molecule has 1 atom stereocenters. The normalized spacial score (nSPS) is 12.6. The summed E-state index contributed by atoms with van der Waals surface area (Å²) in [6.45, 7) is 8.14. The maximum atomic E-state index is 5.99. The van der Waals surface area contributed by atoms with Crippen LogP contribution in [0.2, 0.25) is 0 Å². The number of benzene rings is 1. The first-order valence-corrected chi connectivity index (χ1v) is 8.58. The fourth-order valence-corrected chi connectivity index (χ4v) is 3.22. The Morgan fingerprint density at radius 1 is 1.38 bits per heavy atom. The molecule has 24 heavy (non-hydrogen) atoms. The van der Waals surface area contributed by atoms with Crippen molar-refractivity contribution >= 4 is 23.2 Å². The average molecular weight is 343 g/mol. The van der Waals surface area contributed by atoms with E-state index in [1.807, 2.05) is 27.5 Å². The summed E-state index contributed by atoms with van der Waals surface area (Å²) in [5, 5.41) is 5.60. The molecule has 0 aliphatic heterocycles. The number of aromatic nitrogens is 3. The number of allylic oxidation sites excluding steroid dienone is 1.